The Labute approximate surface area is 290 Å². The van der Waals surface area contributed by atoms with E-state index in [-0.39, 0.29) is 5.56 Å². The first-order chi connectivity index (χ1) is 22.9. The molecule has 15 nitrogen and oxygen atoms in total. The summed E-state index contributed by atoms with van der Waals surface area (Å²) >= 11 is 2.15. The molecular weight excluding hydrogens is 677 g/mol. The van der Waals surface area contributed by atoms with Gasteiger partial charge in [-0.25, -0.2) is 4.79 Å². The SMILES string of the molecule is CC1(C)SC(C(NC(=O)[C@H](NC(=O)C(NC(=O)[C@H](N)c2ccccc2)C2N[C@@H](C(=O)O)C(C)(C)S2)c2ccccc2)C(=O)O)N[C@H]1C(=O)O. The lowest BCUT2D eigenvalue weighted by atomic mass is 10.0. The smallest absolute Gasteiger partial charge is 0.328 e. The number of nitrogens with one attached hydrogen (secondary N) is 5. The van der Waals surface area contributed by atoms with Crippen molar-refractivity contribution in [2.45, 2.75) is 84.2 Å². The summed E-state index contributed by atoms with van der Waals surface area (Å²) in [7, 11) is 0. The van der Waals surface area contributed by atoms with Gasteiger partial charge in [-0.15, -0.1) is 23.5 Å². The highest BCUT2D eigenvalue weighted by Crippen LogP contribution is 2.40. The highest BCUT2D eigenvalue weighted by Gasteiger charge is 2.51. The molecule has 0 bridgehead atoms. The fourth-order valence-corrected chi connectivity index (χ4v) is 8.64. The van der Waals surface area contributed by atoms with Gasteiger partial charge in [-0.1, -0.05) is 60.7 Å². The molecule has 2 aliphatic heterocycles. The Kier molecular flexibility index (Phi) is 11.7. The van der Waals surface area contributed by atoms with E-state index in [4.69, 9.17) is 5.73 Å². The number of carbonyl (C=O) groups is 6. The average Bonchev–Trinajstić information content (AvgIpc) is 3.55. The predicted octanol–water partition coefficient (Wildman–Crippen LogP) is 0.387. The second-order valence-electron chi connectivity index (χ2n) is 12.7. The standard InChI is InChI=1S/C32H40N6O9S2/c1-31(2)21(29(44)45)37-26(48-31)19(35-23(39)17(33)15-11-7-5-8-12-15)25(41)34-18(16-13-9-6-10-14-16)24(40)36-20(28(42)43)27-38-22(30(46)47)32(3,4)49-27/h5-14,17-22,26-27,37-38H,33H2,1-4H3,(H,34,41)(H,35,39)(H,36,40)(H,42,43)(H,44,45)(H,46,47)/t17-,18-,19?,20?,21+,22+,26?,27?/m1/s1. The molecular formula is C32H40N6O9S2. The molecule has 49 heavy (non-hydrogen) atoms. The molecule has 0 aromatic heterocycles. The van der Waals surface area contributed by atoms with Crippen LogP contribution >= 0.6 is 23.5 Å². The number of hydrogen-bond acceptors (Lipinski definition) is 11. The van der Waals surface area contributed by atoms with Crippen molar-refractivity contribution in [2.75, 3.05) is 0 Å². The van der Waals surface area contributed by atoms with Gasteiger partial charge in [0.1, 0.15) is 30.2 Å². The Hall–Kier alpha value is -4.16. The number of carbonyl (C=O) groups excluding carboxylic acids is 3. The number of carboxylic acids is 3. The maximum absolute atomic E-state index is 14.1. The number of nitrogens with two attached hydrogens (primary N) is 1. The first-order valence-corrected chi connectivity index (χ1v) is 17.0. The van der Waals surface area contributed by atoms with Crippen LogP contribution in [-0.2, 0) is 28.8 Å². The highest BCUT2D eigenvalue weighted by molar-refractivity contribution is 8.01. The number of hydrogen-bond donors (Lipinski definition) is 9. The first-order valence-electron chi connectivity index (χ1n) is 15.3. The summed E-state index contributed by atoms with van der Waals surface area (Å²) in [5, 5.41) is 40.9. The van der Waals surface area contributed by atoms with Gasteiger partial charge in [0, 0.05) is 9.49 Å². The van der Waals surface area contributed by atoms with E-state index in [1.165, 1.54) is 12.1 Å². The van der Waals surface area contributed by atoms with Crippen molar-refractivity contribution < 1.29 is 44.1 Å². The average molecular weight is 717 g/mol. The van der Waals surface area contributed by atoms with Gasteiger partial charge < -0.3 is 37.0 Å². The van der Waals surface area contributed by atoms with E-state index in [0.29, 0.717) is 5.56 Å². The number of rotatable bonds is 13. The van der Waals surface area contributed by atoms with Gasteiger partial charge in [0.15, 0.2) is 6.04 Å². The van der Waals surface area contributed by atoms with Crippen LogP contribution < -0.4 is 32.3 Å². The zero-order valence-electron chi connectivity index (χ0n) is 27.1. The topological polar surface area (TPSA) is 249 Å². The van der Waals surface area contributed by atoms with Gasteiger partial charge in [-0.2, -0.15) is 0 Å². The van der Waals surface area contributed by atoms with E-state index in [0.717, 1.165) is 23.5 Å². The number of benzene rings is 2. The fraction of sp³-hybridized carbons (Fsp3) is 0.438. The summed E-state index contributed by atoms with van der Waals surface area (Å²) in [6, 6.07) is 8.44. The van der Waals surface area contributed by atoms with Gasteiger partial charge >= 0.3 is 17.9 Å². The zero-order chi connectivity index (χ0) is 36.3. The molecule has 0 aliphatic carbocycles. The molecule has 2 aromatic carbocycles. The number of carboxylic acid groups (broad SMARTS) is 3. The molecule has 2 aliphatic rings. The van der Waals surface area contributed by atoms with Crippen LogP contribution in [-0.4, -0.2) is 95.4 Å². The van der Waals surface area contributed by atoms with Crippen LogP contribution in [0.15, 0.2) is 60.7 Å². The molecule has 4 unspecified atom stereocenters. The van der Waals surface area contributed by atoms with Crippen LogP contribution in [0.25, 0.3) is 0 Å². The van der Waals surface area contributed by atoms with E-state index >= 15 is 0 Å². The summed E-state index contributed by atoms with van der Waals surface area (Å²) in [6.45, 7) is 6.63. The van der Waals surface area contributed by atoms with E-state index in [1.54, 1.807) is 76.2 Å². The molecule has 8 atom stereocenters. The van der Waals surface area contributed by atoms with Gasteiger partial charge in [0.25, 0.3) is 0 Å². The van der Waals surface area contributed by atoms with Crippen LogP contribution in [0.2, 0.25) is 0 Å². The molecule has 3 amide bonds. The fourth-order valence-electron chi connectivity index (χ4n) is 5.67. The molecule has 2 heterocycles. The van der Waals surface area contributed by atoms with Crippen molar-refractivity contribution in [1.29, 1.82) is 0 Å². The maximum Gasteiger partial charge on any atom is 0.328 e. The minimum Gasteiger partial charge on any atom is -0.480 e. The minimum absolute atomic E-state index is 0.273. The molecule has 4 rings (SSSR count). The monoisotopic (exact) mass is 716 g/mol. The third-order valence-electron chi connectivity index (χ3n) is 8.28. The minimum atomic E-state index is -1.60. The molecule has 0 spiro atoms. The van der Waals surface area contributed by atoms with Crippen molar-refractivity contribution in [3.63, 3.8) is 0 Å². The van der Waals surface area contributed by atoms with Gasteiger partial charge in [0.2, 0.25) is 17.7 Å². The second-order valence-corrected chi connectivity index (χ2v) is 16.3. The third kappa shape index (κ3) is 8.72. The Bertz CT molecular complexity index is 1580. The van der Waals surface area contributed by atoms with Crippen molar-refractivity contribution in [3.05, 3.63) is 71.8 Å². The largest absolute Gasteiger partial charge is 0.480 e. The molecule has 264 valence electrons. The zero-order valence-corrected chi connectivity index (χ0v) is 28.7. The van der Waals surface area contributed by atoms with Gasteiger partial charge in [-0.3, -0.25) is 34.6 Å². The van der Waals surface area contributed by atoms with E-state index in [1.807, 2.05) is 0 Å². The Morgan fingerprint density at radius 3 is 1.51 bits per heavy atom. The van der Waals surface area contributed by atoms with E-state index < -0.39 is 92.1 Å². The van der Waals surface area contributed by atoms with Crippen molar-refractivity contribution in [3.8, 4) is 0 Å². The summed E-state index contributed by atoms with van der Waals surface area (Å²) < 4.78 is -1.83. The Morgan fingerprint density at radius 1 is 0.653 bits per heavy atom. The normalized spacial score (nSPS) is 24.8. The summed E-state index contributed by atoms with van der Waals surface area (Å²) in [5.74, 6) is -6.33. The number of amides is 3. The predicted molar refractivity (Wildman–Crippen MR) is 182 cm³/mol. The van der Waals surface area contributed by atoms with Gasteiger partial charge in [-0.05, 0) is 38.8 Å². The highest BCUT2D eigenvalue weighted by atomic mass is 32.2. The maximum atomic E-state index is 14.1. The summed E-state index contributed by atoms with van der Waals surface area (Å²) in [5.41, 5.74) is 6.95. The van der Waals surface area contributed by atoms with Crippen molar-refractivity contribution >= 4 is 59.2 Å². The lowest BCUT2D eigenvalue weighted by Crippen LogP contribution is -2.60. The second kappa shape index (κ2) is 15.2. The molecule has 2 saturated heterocycles. The summed E-state index contributed by atoms with van der Waals surface area (Å²) in [6.07, 6.45) is 0. The van der Waals surface area contributed by atoms with Crippen LogP contribution in [0, 0.1) is 0 Å². The van der Waals surface area contributed by atoms with Gasteiger partial charge in [0.05, 0.1) is 10.7 Å². The van der Waals surface area contributed by atoms with Crippen LogP contribution in [0.3, 0.4) is 0 Å². The molecule has 10 N–H and O–H groups in total. The number of aliphatic carboxylic acids is 3. The first kappa shape index (κ1) is 37.7. The number of thioether (sulfide) groups is 2. The Morgan fingerprint density at radius 2 is 1.08 bits per heavy atom. The lowest BCUT2D eigenvalue weighted by Gasteiger charge is -2.29. The molecule has 2 aromatic rings. The van der Waals surface area contributed by atoms with E-state index in [2.05, 4.69) is 26.6 Å². The van der Waals surface area contributed by atoms with Crippen molar-refractivity contribution in [1.82, 2.24) is 26.6 Å². The quantitative estimate of drug-likeness (QED) is 0.136. The lowest BCUT2D eigenvalue weighted by molar-refractivity contribution is -0.143. The Balaban J connectivity index is 1.64. The van der Waals surface area contributed by atoms with Crippen LogP contribution in [0.1, 0.15) is 50.9 Å². The molecule has 0 radical (unpaired) electrons. The third-order valence-corrected chi connectivity index (χ3v) is 11.3. The molecule has 2 fully saturated rings. The van der Waals surface area contributed by atoms with Crippen LogP contribution in [0.5, 0.6) is 0 Å². The van der Waals surface area contributed by atoms with Crippen LogP contribution in [0.4, 0.5) is 0 Å². The summed E-state index contributed by atoms with van der Waals surface area (Å²) in [4.78, 5) is 77.7. The molecule has 17 heteroatoms. The van der Waals surface area contributed by atoms with Crippen molar-refractivity contribution in [2.24, 2.45) is 5.73 Å². The van der Waals surface area contributed by atoms with E-state index in [9.17, 15) is 44.1 Å². The molecule has 0 saturated carbocycles.